The molecule has 2 nitrogen and oxygen atoms in total. The van der Waals surface area contributed by atoms with Gasteiger partial charge in [-0.25, -0.2) is 4.39 Å². The highest BCUT2D eigenvalue weighted by Gasteiger charge is 2.31. The van der Waals surface area contributed by atoms with E-state index in [1.807, 2.05) is 13.8 Å². The van der Waals surface area contributed by atoms with Crippen LogP contribution in [0.4, 0.5) is 4.39 Å². The van der Waals surface area contributed by atoms with Crippen LogP contribution in [0, 0.1) is 5.82 Å². The van der Waals surface area contributed by atoms with Crippen LogP contribution in [0.5, 0.6) is 0 Å². The van der Waals surface area contributed by atoms with Crippen LogP contribution in [0.1, 0.15) is 44.3 Å². The molecule has 12 heavy (non-hydrogen) atoms. The van der Waals surface area contributed by atoms with E-state index in [9.17, 15) is 4.39 Å². The monoisotopic (exact) mass is 168 g/mol. The number of rotatable bonds is 2. The summed E-state index contributed by atoms with van der Waals surface area (Å²) in [6.45, 7) is 4.05. The maximum atomic E-state index is 13.2. The molecular formula is C9H13FN2. The Balaban J connectivity index is 2.39. The first-order chi connectivity index (χ1) is 5.70. The molecule has 66 valence electrons. The Morgan fingerprint density at radius 3 is 2.75 bits per heavy atom. The summed E-state index contributed by atoms with van der Waals surface area (Å²) in [6.07, 6.45) is 3.57. The zero-order valence-corrected chi connectivity index (χ0v) is 7.42. The summed E-state index contributed by atoms with van der Waals surface area (Å²) in [5, 5.41) is 4.02. The van der Waals surface area contributed by atoms with Gasteiger partial charge in [0.15, 0.2) is 5.82 Å². The molecule has 0 atom stereocenters. The van der Waals surface area contributed by atoms with Crippen LogP contribution >= 0.6 is 0 Å². The average Bonchev–Trinajstić information content (AvgIpc) is 2.75. The van der Waals surface area contributed by atoms with Crippen LogP contribution in [0.15, 0.2) is 6.20 Å². The molecule has 1 aromatic heterocycles. The van der Waals surface area contributed by atoms with Crippen molar-refractivity contribution in [2.24, 2.45) is 0 Å². The van der Waals surface area contributed by atoms with Crippen LogP contribution in [-0.2, 0) is 0 Å². The van der Waals surface area contributed by atoms with Gasteiger partial charge in [0.05, 0.1) is 11.9 Å². The summed E-state index contributed by atoms with van der Waals surface area (Å²) >= 11 is 0. The lowest BCUT2D eigenvalue weighted by Gasteiger charge is -2.09. The van der Waals surface area contributed by atoms with E-state index in [0.29, 0.717) is 5.92 Å². The van der Waals surface area contributed by atoms with Gasteiger partial charge in [-0.3, -0.25) is 4.68 Å². The fourth-order valence-corrected chi connectivity index (χ4v) is 1.50. The second kappa shape index (κ2) is 2.57. The van der Waals surface area contributed by atoms with E-state index in [2.05, 4.69) is 5.10 Å². The number of hydrogen-bond acceptors (Lipinski definition) is 1. The fourth-order valence-electron chi connectivity index (χ4n) is 1.50. The topological polar surface area (TPSA) is 17.8 Å². The maximum absolute atomic E-state index is 13.2. The Kier molecular flexibility index (Phi) is 1.67. The van der Waals surface area contributed by atoms with E-state index in [1.54, 1.807) is 4.68 Å². The second-order valence-corrected chi connectivity index (χ2v) is 3.69. The molecule has 2 rings (SSSR count). The van der Waals surface area contributed by atoms with Crippen molar-refractivity contribution < 1.29 is 4.39 Å². The van der Waals surface area contributed by atoms with Gasteiger partial charge in [0, 0.05) is 12.0 Å². The van der Waals surface area contributed by atoms with Crippen molar-refractivity contribution in [1.82, 2.24) is 9.78 Å². The molecule has 1 saturated carbocycles. The molecule has 3 heteroatoms. The van der Waals surface area contributed by atoms with Gasteiger partial charge in [-0.05, 0) is 26.7 Å². The van der Waals surface area contributed by atoms with Crippen LogP contribution in [-0.4, -0.2) is 9.78 Å². The zero-order valence-electron chi connectivity index (χ0n) is 7.42. The molecule has 1 heterocycles. The van der Waals surface area contributed by atoms with Gasteiger partial charge in [0.1, 0.15) is 0 Å². The fraction of sp³-hybridized carbons (Fsp3) is 0.667. The number of hydrogen-bond donors (Lipinski definition) is 0. The third-order valence-electron chi connectivity index (χ3n) is 2.24. The van der Waals surface area contributed by atoms with Crippen molar-refractivity contribution in [1.29, 1.82) is 0 Å². The number of nitrogens with zero attached hydrogens (tertiary/aromatic N) is 2. The van der Waals surface area contributed by atoms with Gasteiger partial charge in [-0.1, -0.05) is 0 Å². The highest BCUT2D eigenvalue weighted by atomic mass is 19.1. The predicted octanol–water partition coefficient (Wildman–Crippen LogP) is 2.48. The van der Waals surface area contributed by atoms with Gasteiger partial charge in [0.25, 0.3) is 0 Å². The molecule has 0 bridgehead atoms. The third-order valence-corrected chi connectivity index (χ3v) is 2.24. The van der Waals surface area contributed by atoms with E-state index in [-0.39, 0.29) is 11.9 Å². The summed E-state index contributed by atoms with van der Waals surface area (Å²) in [4.78, 5) is 0. The van der Waals surface area contributed by atoms with Crippen molar-refractivity contribution in [3.05, 3.63) is 17.7 Å². The summed E-state index contributed by atoms with van der Waals surface area (Å²) in [6, 6.07) is 0.269. The minimum atomic E-state index is -0.133. The highest BCUT2D eigenvalue weighted by Crippen LogP contribution is 2.41. The minimum absolute atomic E-state index is 0.133. The number of halogens is 1. The van der Waals surface area contributed by atoms with Gasteiger partial charge < -0.3 is 0 Å². The van der Waals surface area contributed by atoms with E-state index in [1.165, 1.54) is 6.20 Å². The molecule has 0 N–H and O–H groups in total. The van der Waals surface area contributed by atoms with Crippen molar-refractivity contribution in [2.75, 3.05) is 0 Å². The SMILES string of the molecule is CC(C)n1ncc(F)c1C1CC1. The van der Waals surface area contributed by atoms with Crippen LogP contribution in [0.25, 0.3) is 0 Å². The van der Waals surface area contributed by atoms with E-state index in [4.69, 9.17) is 0 Å². The van der Waals surface area contributed by atoms with Crippen LogP contribution < -0.4 is 0 Å². The van der Waals surface area contributed by atoms with Gasteiger partial charge >= 0.3 is 0 Å². The van der Waals surface area contributed by atoms with Crippen molar-refractivity contribution in [3.8, 4) is 0 Å². The standard InChI is InChI=1S/C9H13FN2/c1-6(2)12-9(7-3-4-7)8(10)5-11-12/h5-7H,3-4H2,1-2H3. The molecule has 0 aliphatic heterocycles. The lowest BCUT2D eigenvalue weighted by atomic mass is 10.2. The summed E-state index contributed by atoms with van der Waals surface area (Å²) < 4.78 is 15.0. The summed E-state index contributed by atoms with van der Waals surface area (Å²) in [7, 11) is 0. The first kappa shape index (κ1) is 7.77. The molecule has 1 aromatic rings. The Bertz CT molecular complexity index is 287. The minimum Gasteiger partial charge on any atom is -0.264 e. The lowest BCUT2D eigenvalue weighted by Crippen LogP contribution is -2.07. The predicted molar refractivity (Wildman–Crippen MR) is 44.5 cm³/mol. The maximum Gasteiger partial charge on any atom is 0.164 e. The molecular weight excluding hydrogens is 155 g/mol. The Labute approximate surface area is 71.4 Å². The van der Waals surface area contributed by atoms with Crippen molar-refractivity contribution in [2.45, 2.75) is 38.6 Å². The van der Waals surface area contributed by atoms with Gasteiger partial charge in [-0.2, -0.15) is 5.10 Å². The smallest absolute Gasteiger partial charge is 0.164 e. The Morgan fingerprint density at radius 2 is 2.25 bits per heavy atom. The Hall–Kier alpha value is -0.860. The quantitative estimate of drug-likeness (QED) is 0.663. The van der Waals surface area contributed by atoms with E-state index < -0.39 is 0 Å². The summed E-state index contributed by atoms with van der Waals surface area (Å²) in [5.41, 5.74) is 0.810. The molecule has 0 spiro atoms. The molecule has 1 aliphatic carbocycles. The first-order valence-electron chi connectivity index (χ1n) is 4.43. The zero-order chi connectivity index (χ0) is 8.72. The van der Waals surface area contributed by atoms with Crippen LogP contribution in [0.2, 0.25) is 0 Å². The molecule has 0 radical (unpaired) electrons. The van der Waals surface area contributed by atoms with Crippen molar-refractivity contribution >= 4 is 0 Å². The molecule has 0 amide bonds. The highest BCUT2D eigenvalue weighted by molar-refractivity contribution is 5.16. The average molecular weight is 168 g/mol. The van der Waals surface area contributed by atoms with E-state index >= 15 is 0 Å². The van der Waals surface area contributed by atoms with E-state index in [0.717, 1.165) is 18.5 Å². The van der Waals surface area contributed by atoms with Crippen molar-refractivity contribution in [3.63, 3.8) is 0 Å². The lowest BCUT2D eigenvalue weighted by molar-refractivity contribution is 0.498. The van der Waals surface area contributed by atoms with Gasteiger partial charge in [-0.15, -0.1) is 0 Å². The summed E-state index contributed by atoms with van der Waals surface area (Å²) in [5.74, 6) is 0.307. The van der Waals surface area contributed by atoms with Gasteiger partial charge in [0.2, 0.25) is 0 Å². The Morgan fingerprint density at radius 1 is 1.58 bits per heavy atom. The number of aromatic nitrogens is 2. The molecule has 0 aromatic carbocycles. The molecule has 0 unspecified atom stereocenters. The molecule has 1 fully saturated rings. The largest absolute Gasteiger partial charge is 0.264 e. The van der Waals surface area contributed by atoms with Crippen LogP contribution in [0.3, 0.4) is 0 Å². The second-order valence-electron chi connectivity index (χ2n) is 3.69. The molecule has 1 aliphatic rings. The normalized spacial score (nSPS) is 17.3. The first-order valence-corrected chi connectivity index (χ1v) is 4.43. The third kappa shape index (κ3) is 1.13. The molecule has 0 saturated heterocycles.